The largest absolute Gasteiger partial charge is 0.493 e. The Hall–Kier alpha value is -3.84. The van der Waals surface area contributed by atoms with Crippen LogP contribution in [0.4, 0.5) is 0 Å². The van der Waals surface area contributed by atoms with Gasteiger partial charge < -0.3 is 19.3 Å². The third kappa shape index (κ3) is 7.85. The van der Waals surface area contributed by atoms with Crippen molar-refractivity contribution in [1.29, 1.82) is 0 Å². The van der Waals surface area contributed by atoms with E-state index in [-0.39, 0.29) is 24.9 Å². The highest BCUT2D eigenvalue weighted by molar-refractivity contribution is 7.09. The molecule has 0 atom stereocenters. The van der Waals surface area contributed by atoms with Crippen LogP contribution in [-0.4, -0.2) is 55.5 Å². The van der Waals surface area contributed by atoms with Crippen LogP contribution >= 0.6 is 11.3 Å². The lowest BCUT2D eigenvalue weighted by molar-refractivity contribution is -0.138. The van der Waals surface area contributed by atoms with Crippen LogP contribution in [0.3, 0.4) is 0 Å². The SMILES string of the molecule is C=CCN(CC(=O)N(CCc1ccc(OC)c(OC)c1)Cc1cccs1)C(=O)/C=C/c1ccccc1. The smallest absolute Gasteiger partial charge is 0.247 e. The minimum absolute atomic E-state index is 0.0265. The molecule has 2 amide bonds. The highest BCUT2D eigenvalue weighted by Crippen LogP contribution is 2.28. The Morgan fingerprint density at radius 1 is 0.972 bits per heavy atom. The van der Waals surface area contributed by atoms with Gasteiger partial charge in [-0.3, -0.25) is 9.59 Å². The van der Waals surface area contributed by atoms with Gasteiger partial charge in [0.15, 0.2) is 11.5 Å². The molecule has 0 spiro atoms. The second kappa shape index (κ2) is 13.9. The second-order valence-corrected chi connectivity index (χ2v) is 9.12. The molecular weight excluding hydrogens is 472 g/mol. The quantitative estimate of drug-likeness (QED) is 0.241. The van der Waals surface area contributed by atoms with E-state index in [4.69, 9.17) is 9.47 Å². The standard InChI is InChI=1S/C29H32N2O4S/c1-4-17-30(28(32)15-13-23-9-6-5-7-10-23)22-29(33)31(21-25-11-8-19-36-25)18-16-24-12-14-26(34-2)27(20-24)35-3/h4-15,19-20H,1,16-18,21-22H2,2-3H3/b15-13+. The van der Waals surface area contributed by atoms with Crippen LogP contribution in [0, 0.1) is 0 Å². The summed E-state index contributed by atoms with van der Waals surface area (Å²) >= 11 is 1.60. The van der Waals surface area contributed by atoms with Gasteiger partial charge in [-0.2, -0.15) is 0 Å². The molecule has 0 aliphatic heterocycles. The number of hydrogen-bond acceptors (Lipinski definition) is 5. The Labute approximate surface area is 217 Å². The topological polar surface area (TPSA) is 59.1 Å². The van der Waals surface area contributed by atoms with Gasteiger partial charge in [0.05, 0.1) is 20.8 Å². The number of benzene rings is 2. The third-order valence-electron chi connectivity index (χ3n) is 5.60. The summed E-state index contributed by atoms with van der Waals surface area (Å²) < 4.78 is 10.7. The zero-order valence-electron chi connectivity index (χ0n) is 20.8. The predicted octanol–water partition coefficient (Wildman–Crippen LogP) is 5.06. The molecular formula is C29H32N2O4S. The fraction of sp³-hybridized carbons (Fsp3) is 0.241. The number of rotatable bonds is 13. The first-order valence-corrected chi connectivity index (χ1v) is 12.6. The minimum Gasteiger partial charge on any atom is -0.493 e. The third-order valence-corrected chi connectivity index (χ3v) is 6.46. The summed E-state index contributed by atoms with van der Waals surface area (Å²) in [5.41, 5.74) is 1.95. The normalized spacial score (nSPS) is 10.7. The van der Waals surface area contributed by atoms with Gasteiger partial charge >= 0.3 is 0 Å². The van der Waals surface area contributed by atoms with Gasteiger partial charge in [0.1, 0.15) is 6.54 Å². The van der Waals surface area contributed by atoms with Crippen molar-refractivity contribution in [3.05, 3.63) is 101 Å². The van der Waals surface area contributed by atoms with E-state index in [1.807, 2.05) is 66.0 Å². The summed E-state index contributed by atoms with van der Waals surface area (Å²) in [6, 6.07) is 19.3. The van der Waals surface area contributed by atoms with Crippen LogP contribution < -0.4 is 9.47 Å². The molecule has 3 rings (SSSR count). The highest BCUT2D eigenvalue weighted by Gasteiger charge is 2.20. The maximum atomic E-state index is 13.4. The lowest BCUT2D eigenvalue weighted by Gasteiger charge is -2.26. The zero-order valence-corrected chi connectivity index (χ0v) is 21.6. The lowest BCUT2D eigenvalue weighted by Crippen LogP contribution is -2.42. The molecule has 7 heteroatoms. The molecule has 0 saturated heterocycles. The molecule has 0 aliphatic rings. The fourth-order valence-electron chi connectivity index (χ4n) is 3.67. The van der Waals surface area contributed by atoms with E-state index in [1.165, 1.54) is 11.0 Å². The van der Waals surface area contributed by atoms with Crippen molar-refractivity contribution in [1.82, 2.24) is 9.80 Å². The average molecular weight is 505 g/mol. The average Bonchev–Trinajstić information content (AvgIpc) is 3.43. The fourth-order valence-corrected chi connectivity index (χ4v) is 4.39. The first-order chi connectivity index (χ1) is 17.5. The number of nitrogens with zero attached hydrogens (tertiary/aromatic N) is 2. The predicted molar refractivity (Wildman–Crippen MR) is 145 cm³/mol. The Kier molecular flexibility index (Phi) is 10.3. The van der Waals surface area contributed by atoms with Crippen molar-refractivity contribution in [2.75, 3.05) is 33.9 Å². The van der Waals surface area contributed by atoms with Crippen molar-refractivity contribution < 1.29 is 19.1 Å². The summed E-state index contributed by atoms with van der Waals surface area (Å²) in [7, 11) is 3.20. The summed E-state index contributed by atoms with van der Waals surface area (Å²) in [6.07, 6.45) is 5.53. The van der Waals surface area contributed by atoms with Gasteiger partial charge in [0, 0.05) is 24.0 Å². The van der Waals surface area contributed by atoms with E-state index < -0.39 is 0 Å². The molecule has 0 bridgehead atoms. The molecule has 0 radical (unpaired) electrons. The number of amides is 2. The number of thiophene rings is 1. The summed E-state index contributed by atoms with van der Waals surface area (Å²) in [5.74, 6) is 0.962. The van der Waals surface area contributed by atoms with E-state index in [0.717, 1.165) is 16.0 Å². The second-order valence-electron chi connectivity index (χ2n) is 8.09. The Balaban J connectivity index is 1.72. The van der Waals surface area contributed by atoms with Crippen molar-refractivity contribution in [2.45, 2.75) is 13.0 Å². The molecule has 0 fully saturated rings. The van der Waals surface area contributed by atoms with Crippen LogP contribution in [0.1, 0.15) is 16.0 Å². The van der Waals surface area contributed by atoms with Crippen molar-refractivity contribution >= 4 is 29.2 Å². The van der Waals surface area contributed by atoms with Crippen LogP contribution in [0.15, 0.2) is 84.8 Å². The molecule has 6 nitrogen and oxygen atoms in total. The first kappa shape index (κ1) is 26.8. The Morgan fingerprint density at radius 2 is 1.75 bits per heavy atom. The molecule has 188 valence electrons. The van der Waals surface area contributed by atoms with E-state index in [9.17, 15) is 9.59 Å². The van der Waals surface area contributed by atoms with Crippen LogP contribution in [0.2, 0.25) is 0 Å². The molecule has 0 N–H and O–H groups in total. The zero-order chi connectivity index (χ0) is 25.8. The van der Waals surface area contributed by atoms with Crippen molar-refractivity contribution in [3.8, 4) is 11.5 Å². The molecule has 36 heavy (non-hydrogen) atoms. The molecule has 1 aromatic heterocycles. The minimum atomic E-state index is -0.233. The van der Waals surface area contributed by atoms with Crippen molar-refractivity contribution in [3.63, 3.8) is 0 Å². The van der Waals surface area contributed by atoms with Gasteiger partial charge in [-0.05, 0) is 47.2 Å². The van der Waals surface area contributed by atoms with Crippen molar-refractivity contribution in [2.24, 2.45) is 0 Å². The molecule has 1 heterocycles. The number of methoxy groups -OCH3 is 2. The first-order valence-electron chi connectivity index (χ1n) is 11.7. The number of ether oxygens (including phenoxy) is 2. The summed E-state index contributed by atoms with van der Waals surface area (Å²) in [5, 5.41) is 1.99. The van der Waals surface area contributed by atoms with Gasteiger partial charge in [-0.15, -0.1) is 17.9 Å². The van der Waals surface area contributed by atoms with Gasteiger partial charge in [-0.25, -0.2) is 0 Å². The van der Waals surface area contributed by atoms with Gasteiger partial charge in [0.25, 0.3) is 0 Å². The monoisotopic (exact) mass is 504 g/mol. The number of carbonyl (C=O) groups excluding carboxylic acids is 2. The molecule has 0 unspecified atom stereocenters. The molecule has 0 saturated carbocycles. The summed E-state index contributed by atoms with van der Waals surface area (Å²) in [6.45, 7) is 5.00. The van der Waals surface area contributed by atoms with E-state index in [0.29, 0.717) is 31.0 Å². The Morgan fingerprint density at radius 3 is 2.42 bits per heavy atom. The van der Waals surface area contributed by atoms with Gasteiger partial charge in [0.2, 0.25) is 11.8 Å². The van der Waals surface area contributed by atoms with E-state index in [2.05, 4.69) is 6.58 Å². The number of carbonyl (C=O) groups is 2. The van der Waals surface area contributed by atoms with E-state index >= 15 is 0 Å². The Bertz CT molecular complexity index is 1160. The number of hydrogen-bond donors (Lipinski definition) is 0. The molecule has 0 aliphatic carbocycles. The molecule has 2 aromatic carbocycles. The molecule has 3 aromatic rings. The van der Waals surface area contributed by atoms with E-state index in [1.54, 1.807) is 42.6 Å². The maximum Gasteiger partial charge on any atom is 0.247 e. The van der Waals surface area contributed by atoms with Crippen LogP contribution in [0.25, 0.3) is 6.08 Å². The van der Waals surface area contributed by atoms with Gasteiger partial charge in [-0.1, -0.05) is 48.5 Å². The lowest BCUT2D eigenvalue weighted by atomic mass is 10.1. The van der Waals surface area contributed by atoms with Crippen LogP contribution in [0.5, 0.6) is 11.5 Å². The summed E-state index contributed by atoms with van der Waals surface area (Å²) in [4.78, 5) is 30.7. The highest BCUT2D eigenvalue weighted by atomic mass is 32.1. The van der Waals surface area contributed by atoms with Crippen LogP contribution in [-0.2, 0) is 22.6 Å². The maximum absolute atomic E-state index is 13.4.